The first-order chi connectivity index (χ1) is 13.1. The van der Waals surface area contributed by atoms with Gasteiger partial charge >= 0.3 is 0 Å². The van der Waals surface area contributed by atoms with Crippen LogP contribution in [0.2, 0.25) is 0 Å². The minimum atomic E-state index is -0.224. The number of rotatable bonds is 4. The van der Waals surface area contributed by atoms with Crippen molar-refractivity contribution in [2.75, 3.05) is 13.1 Å². The molecule has 2 aliphatic rings. The molecule has 2 aliphatic heterocycles. The minimum absolute atomic E-state index is 0.0947. The van der Waals surface area contributed by atoms with Crippen molar-refractivity contribution in [3.05, 3.63) is 71.0 Å². The molecule has 0 saturated carbocycles. The van der Waals surface area contributed by atoms with Gasteiger partial charge in [0, 0.05) is 18.7 Å². The Balaban J connectivity index is 1.30. The Morgan fingerprint density at radius 1 is 1.07 bits per heavy atom. The maximum absolute atomic E-state index is 13.0. The summed E-state index contributed by atoms with van der Waals surface area (Å²) in [5, 5.41) is 2.92. The third kappa shape index (κ3) is 3.87. The van der Waals surface area contributed by atoms with Crippen LogP contribution in [-0.4, -0.2) is 29.8 Å². The average Bonchev–Trinajstić information content (AvgIpc) is 3.00. The number of hydrogen-bond donors (Lipinski definition) is 1. The largest absolute Gasteiger partial charge is 0.345 e. The third-order valence-electron chi connectivity index (χ3n) is 5.67. The number of nitrogens with zero attached hydrogens (tertiary/aromatic N) is 1. The lowest BCUT2D eigenvalue weighted by molar-refractivity contribution is -0.133. The first kappa shape index (κ1) is 17.7. The third-order valence-corrected chi connectivity index (χ3v) is 5.67. The van der Waals surface area contributed by atoms with E-state index in [9.17, 15) is 14.0 Å². The van der Waals surface area contributed by atoms with E-state index in [4.69, 9.17) is 0 Å². The van der Waals surface area contributed by atoms with Gasteiger partial charge < -0.3 is 10.2 Å². The number of amides is 2. The van der Waals surface area contributed by atoms with E-state index in [-0.39, 0.29) is 23.7 Å². The molecule has 4 nitrogen and oxygen atoms in total. The number of halogens is 1. The van der Waals surface area contributed by atoms with Gasteiger partial charge in [0.25, 0.3) is 5.91 Å². The molecule has 5 heteroatoms. The van der Waals surface area contributed by atoms with E-state index in [0.29, 0.717) is 17.9 Å². The van der Waals surface area contributed by atoms with Crippen molar-refractivity contribution >= 4 is 11.8 Å². The SMILES string of the molecule is O=C1N[C@@H](CC(=O)N2CCC(Cc3ccc(F)cc3)CC2)c2ccccc21. The van der Waals surface area contributed by atoms with Crippen molar-refractivity contribution in [3.8, 4) is 0 Å². The summed E-state index contributed by atoms with van der Waals surface area (Å²) in [7, 11) is 0. The van der Waals surface area contributed by atoms with E-state index >= 15 is 0 Å². The van der Waals surface area contributed by atoms with Crippen LogP contribution in [0, 0.1) is 11.7 Å². The molecule has 0 unspecified atom stereocenters. The van der Waals surface area contributed by atoms with Gasteiger partial charge in [0.15, 0.2) is 0 Å². The van der Waals surface area contributed by atoms with Crippen LogP contribution in [0.15, 0.2) is 48.5 Å². The Morgan fingerprint density at radius 2 is 1.78 bits per heavy atom. The summed E-state index contributed by atoms with van der Waals surface area (Å²) in [6.07, 6.45) is 3.15. The van der Waals surface area contributed by atoms with Gasteiger partial charge in [-0.05, 0) is 54.5 Å². The number of carbonyl (C=O) groups is 2. The van der Waals surface area contributed by atoms with Crippen molar-refractivity contribution in [2.45, 2.75) is 31.7 Å². The lowest BCUT2D eigenvalue weighted by atomic mass is 9.90. The minimum Gasteiger partial charge on any atom is -0.345 e. The van der Waals surface area contributed by atoms with Crippen molar-refractivity contribution in [3.63, 3.8) is 0 Å². The maximum Gasteiger partial charge on any atom is 0.252 e. The van der Waals surface area contributed by atoms with Gasteiger partial charge in [-0.2, -0.15) is 0 Å². The zero-order valence-electron chi connectivity index (χ0n) is 15.2. The molecule has 4 rings (SSSR count). The van der Waals surface area contributed by atoms with Gasteiger partial charge in [-0.1, -0.05) is 30.3 Å². The second kappa shape index (κ2) is 7.51. The molecule has 0 radical (unpaired) electrons. The molecule has 1 fully saturated rings. The Labute approximate surface area is 158 Å². The number of benzene rings is 2. The fourth-order valence-electron chi connectivity index (χ4n) is 4.13. The molecule has 0 aliphatic carbocycles. The summed E-state index contributed by atoms with van der Waals surface area (Å²) >= 11 is 0. The van der Waals surface area contributed by atoms with Crippen LogP contribution in [0.5, 0.6) is 0 Å². The number of likely N-dealkylation sites (tertiary alicyclic amines) is 1. The van der Waals surface area contributed by atoms with E-state index in [1.54, 1.807) is 6.07 Å². The van der Waals surface area contributed by atoms with Crippen LogP contribution in [0.3, 0.4) is 0 Å². The molecule has 0 bridgehead atoms. The Hall–Kier alpha value is -2.69. The molecule has 0 aromatic heterocycles. The summed E-state index contributed by atoms with van der Waals surface area (Å²) < 4.78 is 13.0. The van der Waals surface area contributed by atoms with Crippen LogP contribution >= 0.6 is 0 Å². The Kier molecular flexibility index (Phi) is 4.92. The highest BCUT2D eigenvalue weighted by Gasteiger charge is 2.32. The first-order valence-corrected chi connectivity index (χ1v) is 9.52. The van der Waals surface area contributed by atoms with Crippen LogP contribution in [0.25, 0.3) is 0 Å². The number of hydrogen-bond acceptors (Lipinski definition) is 2. The van der Waals surface area contributed by atoms with Crippen LogP contribution in [0.4, 0.5) is 4.39 Å². The molecule has 0 spiro atoms. The molecular formula is C22H23FN2O2. The van der Waals surface area contributed by atoms with Gasteiger partial charge in [-0.25, -0.2) is 4.39 Å². The van der Waals surface area contributed by atoms with E-state index in [1.165, 1.54) is 12.1 Å². The summed E-state index contributed by atoms with van der Waals surface area (Å²) in [4.78, 5) is 26.6. The molecule has 27 heavy (non-hydrogen) atoms. The smallest absolute Gasteiger partial charge is 0.252 e. The standard InChI is InChI=1S/C22H23FN2O2/c23-17-7-5-15(6-8-17)13-16-9-11-25(12-10-16)21(26)14-20-18-3-1-2-4-19(18)22(27)24-20/h1-8,16,20H,9-14H2,(H,24,27)/t20-/m0/s1. The Morgan fingerprint density at radius 3 is 2.52 bits per heavy atom. The van der Waals surface area contributed by atoms with Crippen molar-refractivity contribution in [1.29, 1.82) is 0 Å². The fourth-order valence-corrected chi connectivity index (χ4v) is 4.13. The molecule has 1 saturated heterocycles. The van der Waals surface area contributed by atoms with E-state index < -0.39 is 0 Å². The molecule has 2 amide bonds. The van der Waals surface area contributed by atoms with E-state index in [0.717, 1.165) is 43.5 Å². The quantitative estimate of drug-likeness (QED) is 0.901. The summed E-state index contributed by atoms with van der Waals surface area (Å²) in [5.41, 5.74) is 2.74. The molecule has 1 N–H and O–H groups in total. The number of nitrogens with one attached hydrogen (secondary N) is 1. The molecular weight excluding hydrogens is 343 g/mol. The second-order valence-electron chi connectivity index (χ2n) is 7.47. The summed E-state index contributed by atoms with van der Waals surface area (Å²) in [6.45, 7) is 1.49. The number of fused-ring (bicyclic) bond motifs is 1. The van der Waals surface area contributed by atoms with Crippen molar-refractivity contribution in [2.24, 2.45) is 5.92 Å². The second-order valence-corrected chi connectivity index (χ2v) is 7.47. The summed E-state index contributed by atoms with van der Waals surface area (Å²) in [5.74, 6) is 0.310. The molecule has 140 valence electrons. The van der Waals surface area contributed by atoms with Crippen LogP contribution in [-0.2, 0) is 11.2 Å². The maximum atomic E-state index is 13.0. The van der Waals surface area contributed by atoms with Crippen molar-refractivity contribution < 1.29 is 14.0 Å². The van der Waals surface area contributed by atoms with Gasteiger partial charge in [-0.3, -0.25) is 9.59 Å². The van der Waals surface area contributed by atoms with Crippen LogP contribution in [0.1, 0.15) is 46.8 Å². The number of piperidine rings is 1. The van der Waals surface area contributed by atoms with Gasteiger partial charge in [0.05, 0.1) is 12.5 Å². The lowest BCUT2D eigenvalue weighted by Gasteiger charge is -2.32. The molecule has 2 aromatic rings. The average molecular weight is 366 g/mol. The normalized spacial score (nSPS) is 19.7. The predicted octanol–water partition coefficient (Wildman–Crippen LogP) is 3.48. The highest BCUT2D eigenvalue weighted by Crippen LogP contribution is 2.29. The topological polar surface area (TPSA) is 49.4 Å². The molecule has 2 heterocycles. The zero-order chi connectivity index (χ0) is 18.8. The highest BCUT2D eigenvalue weighted by molar-refractivity contribution is 5.99. The zero-order valence-corrected chi connectivity index (χ0v) is 15.2. The fraction of sp³-hybridized carbons (Fsp3) is 0.364. The van der Waals surface area contributed by atoms with E-state index in [1.807, 2.05) is 35.2 Å². The van der Waals surface area contributed by atoms with Gasteiger partial charge in [-0.15, -0.1) is 0 Å². The van der Waals surface area contributed by atoms with Gasteiger partial charge in [0.2, 0.25) is 5.91 Å². The molecule has 1 atom stereocenters. The van der Waals surface area contributed by atoms with E-state index in [2.05, 4.69) is 5.32 Å². The highest BCUT2D eigenvalue weighted by atomic mass is 19.1. The Bertz CT molecular complexity index is 842. The molecule has 2 aromatic carbocycles. The lowest BCUT2D eigenvalue weighted by Crippen LogP contribution is -2.40. The number of carbonyl (C=O) groups excluding carboxylic acids is 2. The monoisotopic (exact) mass is 366 g/mol. The van der Waals surface area contributed by atoms with Gasteiger partial charge in [0.1, 0.15) is 5.82 Å². The predicted molar refractivity (Wildman–Crippen MR) is 101 cm³/mol. The van der Waals surface area contributed by atoms with Crippen molar-refractivity contribution in [1.82, 2.24) is 10.2 Å². The van der Waals surface area contributed by atoms with Crippen LogP contribution < -0.4 is 5.32 Å². The summed E-state index contributed by atoms with van der Waals surface area (Å²) in [6, 6.07) is 13.9. The first-order valence-electron chi connectivity index (χ1n) is 9.52.